The lowest BCUT2D eigenvalue weighted by Gasteiger charge is -2.31. The molecule has 0 amide bonds. The predicted molar refractivity (Wildman–Crippen MR) is 85.6 cm³/mol. The SMILES string of the molecule is CC1CCN(CC(O)Cn2c(C(F)(F)F)nc3ccccc32)CC1. The van der Waals surface area contributed by atoms with Crippen molar-refractivity contribution in [1.29, 1.82) is 0 Å². The van der Waals surface area contributed by atoms with Crippen LogP contribution in [0.2, 0.25) is 0 Å². The number of imidazole rings is 1. The zero-order valence-corrected chi connectivity index (χ0v) is 13.6. The zero-order valence-electron chi connectivity index (χ0n) is 13.6. The third kappa shape index (κ3) is 3.72. The summed E-state index contributed by atoms with van der Waals surface area (Å²) in [6.07, 6.45) is -3.28. The van der Waals surface area contributed by atoms with E-state index in [4.69, 9.17) is 0 Å². The summed E-state index contributed by atoms with van der Waals surface area (Å²) in [5, 5.41) is 10.3. The molecule has 1 atom stereocenters. The maximum absolute atomic E-state index is 13.3. The average molecular weight is 341 g/mol. The van der Waals surface area contributed by atoms with Crippen LogP contribution in [0.3, 0.4) is 0 Å². The molecule has 132 valence electrons. The van der Waals surface area contributed by atoms with Crippen LogP contribution < -0.4 is 0 Å². The van der Waals surface area contributed by atoms with Gasteiger partial charge in [-0.25, -0.2) is 4.98 Å². The minimum atomic E-state index is -4.54. The fraction of sp³-hybridized carbons (Fsp3) is 0.588. The zero-order chi connectivity index (χ0) is 17.3. The van der Waals surface area contributed by atoms with Crippen LogP contribution in [0.5, 0.6) is 0 Å². The van der Waals surface area contributed by atoms with Crippen LogP contribution in [0.25, 0.3) is 11.0 Å². The number of β-amino-alcohol motifs (C(OH)–C–C–N with tert-alkyl or cyclic N) is 1. The number of aliphatic hydroxyl groups excluding tert-OH is 1. The monoisotopic (exact) mass is 341 g/mol. The molecule has 1 aromatic heterocycles. The van der Waals surface area contributed by atoms with E-state index in [9.17, 15) is 18.3 Å². The number of hydrogen-bond acceptors (Lipinski definition) is 3. The van der Waals surface area contributed by atoms with Crippen LogP contribution in [0.4, 0.5) is 13.2 Å². The smallest absolute Gasteiger partial charge is 0.390 e. The highest BCUT2D eigenvalue weighted by Crippen LogP contribution is 2.31. The van der Waals surface area contributed by atoms with Gasteiger partial charge in [0.05, 0.1) is 23.7 Å². The van der Waals surface area contributed by atoms with Crippen LogP contribution >= 0.6 is 0 Å². The topological polar surface area (TPSA) is 41.3 Å². The molecular formula is C17H22F3N3O. The Kier molecular flexibility index (Phi) is 4.83. The molecule has 1 unspecified atom stereocenters. The molecule has 3 rings (SSSR count). The summed E-state index contributed by atoms with van der Waals surface area (Å²) in [4.78, 5) is 5.83. The Morgan fingerprint density at radius 1 is 1.21 bits per heavy atom. The third-order valence-electron chi connectivity index (χ3n) is 4.65. The van der Waals surface area contributed by atoms with E-state index in [0.29, 0.717) is 23.5 Å². The van der Waals surface area contributed by atoms with Crippen molar-refractivity contribution in [2.24, 2.45) is 5.92 Å². The number of halogens is 3. The summed E-state index contributed by atoms with van der Waals surface area (Å²) in [5.74, 6) is -0.275. The molecule has 24 heavy (non-hydrogen) atoms. The fourth-order valence-electron chi connectivity index (χ4n) is 3.29. The first kappa shape index (κ1) is 17.2. The average Bonchev–Trinajstić information content (AvgIpc) is 2.89. The number of aromatic nitrogens is 2. The standard InChI is InChI=1S/C17H22F3N3O/c1-12-6-8-22(9-7-12)10-13(24)11-23-15-5-3-2-4-14(15)21-16(23)17(18,19)20/h2-5,12-13,24H,6-11H2,1H3. The van der Waals surface area contributed by atoms with Gasteiger partial charge >= 0.3 is 6.18 Å². The summed E-state index contributed by atoms with van der Waals surface area (Å²) in [6, 6.07) is 6.50. The number of nitrogens with zero attached hydrogens (tertiary/aromatic N) is 3. The molecule has 1 N–H and O–H groups in total. The minimum Gasteiger partial charge on any atom is -0.390 e. The number of para-hydroxylation sites is 2. The second-order valence-corrected chi connectivity index (χ2v) is 6.67. The minimum absolute atomic E-state index is 0.110. The number of alkyl halides is 3. The van der Waals surface area contributed by atoms with Gasteiger partial charge in [-0.3, -0.25) is 0 Å². The van der Waals surface area contributed by atoms with E-state index >= 15 is 0 Å². The Morgan fingerprint density at radius 3 is 2.54 bits per heavy atom. The summed E-state index contributed by atoms with van der Waals surface area (Å²) >= 11 is 0. The van der Waals surface area contributed by atoms with Crippen molar-refractivity contribution in [1.82, 2.24) is 14.5 Å². The van der Waals surface area contributed by atoms with Crippen molar-refractivity contribution in [2.45, 2.75) is 38.6 Å². The predicted octanol–water partition coefficient (Wildman–Crippen LogP) is 3.15. The third-order valence-corrected chi connectivity index (χ3v) is 4.65. The number of fused-ring (bicyclic) bond motifs is 1. The van der Waals surface area contributed by atoms with Crippen LogP contribution in [0.15, 0.2) is 24.3 Å². The molecule has 1 saturated heterocycles. The summed E-state index contributed by atoms with van der Waals surface area (Å²) in [6.45, 7) is 4.24. The van der Waals surface area contributed by atoms with E-state index in [0.717, 1.165) is 30.5 Å². The number of likely N-dealkylation sites (tertiary alicyclic amines) is 1. The van der Waals surface area contributed by atoms with E-state index in [1.165, 1.54) is 0 Å². The van der Waals surface area contributed by atoms with Gasteiger partial charge in [0, 0.05) is 6.54 Å². The van der Waals surface area contributed by atoms with Gasteiger partial charge < -0.3 is 14.6 Å². The Morgan fingerprint density at radius 2 is 1.88 bits per heavy atom. The molecule has 1 aliphatic heterocycles. The summed E-state index contributed by atoms with van der Waals surface area (Å²) in [5.41, 5.74) is 0.694. The molecule has 7 heteroatoms. The Labute approximate surface area is 138 Å². The highest BCUT2D eigenvalue weighted by molar-refractivity contribution is 5.76. The Bertz CT molecular complexity index is 690. The fourth-order valence-corrected chi connectivity index (χ4v) is 3.29. The van der Waals surface area contributed by atoms with Crippen molar-refractivity contribution in [3.63, 3.8) is 0 Å². The van der Waals surface area contributed by atoms with Crippen LogP contribution in [-0.4, -0.2) is 45.3 Å². The molecule has 0 bridgehead atoms. The van der Waals surface area contributed by atoms with Gasteiger partial charge in [0.1, 0.15) is 0 Å². The van der Waals surface area contributed by atoms with E-state index in [1.54, 1.807) is 24.3 Å². The maximum atomic E-state index is 13.3. The van der Waals surface area contributed by atoms with Crippen LogP contribution in [0.1, 0.15) is 25.6 Å². The molecule has 4 nitrogen and oxygen atoms in total. The van der Waals surface area contributed by atoms with E-state index in [-0.39, 0.29) is 6.54 Å². The Hall–Kier alpha value is -1.60. The lowest BCUT2D eigenvalue weighted by atomic mass is 9.99. The lowest BCUT2D eigenvalue weighted by Crippen LogP contribution is -2.40. The second-order valence-electron chi connectivity index (χ2n) is 6.67. The van der Waals surface area contributed by atoms with Crippen molar-refractivity contribution < 1.29 is 18.3 Å². The summed E-state index contributed by atoms with van der Waals surface area (Å²) in [7, 11) is 0. The van der Waals surface area contributed by atoms with Gasteiger partial charge in [-0.2, -0.15) is 13.2 Å². The molecule has 2 aromatic rings. The van der Waals surface area contributed by atoms with Crippen molar-refractivity contribution >= 4 is 11.0 Å². The van der Waals surface area contributed by atoms with Gasteiger partial charge in [0.2, 0.25) is 5.82 Å². The normalized spacial score (nSPS) is 19.0. The van der Waals surface area contributed by atoms with Gasteiger partial charge in [-0.15, -0.1) is 0 Å². The summed E-state index contributed by atoms with van der Waals surface area (Å²) < 4.78 is 40.9. The number of hydrogen-bond donors (Lipinski definition) is 1. The first-order valence-corrected chi connectivity index (χ1v) is 8.27. The first-order chi connectivity index (χ1) is 11.3. The van der Waals surface area contributed by atoms with Gasteiger partial charge in [-0.1, -0.05) is 19.1 Å². The largest absolute Gasteiger partial charge is 0.449 e. The van der Waals surface area contributed by atoms with Crippen molar-refractivity contribution in [3.05, 3.63) is 30.1 Å². The van der Waals surface area contributed by atoms with Crippen LogP contribution in [-0.2, 0) is 12.7 Å². The quantitative estimate of drug-likeness (QED) is 0.929. The van der Waals surface area contributed by atoms with Crippen LogP contribution in [0, 0.1) is 5.92 Å². The molecular weight excluding hydrogens is 319 g/mol. The van der Waals surface area contributed by atoms with E-state index < -0.39 is 18.1 Å². The van der Waals surface area contributed by atoms with Crippen molar-refractivity contribution in [2.75, 3.05) is 19.6 Å². The molecule has 1 fully saturated rings. The number of benzene rings is 1. The van der Waals surface area contributed by atoms with Gasteiger partial charge in [0.15, 0.2) is 0 Å². The lowest BCUT2D eigenvalue weighted by molar-refractivity contribution is -0.147. The van der Waals surface area contributed by atoms with E-state index in [2.05, 4.69) is 16.8 Å². The molecule has 0 spiro atoms. The van der Waals surface area contributed by atoms with Gasteiger partial charge in [0.25, 0.3) is 0 Å². The molecule has 2 heterocycles. The number of rotatable bonds is 4. The second kappa shape index (κ2) is 6.72. The molecule has 1 aliphatic rings. The first-order valence-electron chi connectivity index (χ1n) is 8.27. The molecule has 0 saturated carbocycles. The molecule has 0 radical (unpaired) electrons. The van der Waals surface area contributed by atoms with Crippen molar-refractivity contribution in [3.8, 4) is 0 Å². The van der Waals surface area contributed by atoms with E-state index in [1.807, 2.05) is 0 Å². The highest BCUT2D eigenvalue weighted by atomic mass is 19.4. The maximum Gasteiger partial charge on any atom is 0.449 e. The number of piperidine rings is 1. The Balaban J connectivity index is 1.78. The van der Waals surface area contributed by atoms with Gasteiger partial charge in [-0.05, 0) is 44.0 Å². The number of aliphatic hydroxyl groups is 1. The molecule has 1 aromatic carbocycles. The molecule has 0 aliphatic carbocycles. The highest BCUT2D eigenvalue weighted by Gasteiger charge is 2.38.